The van der Waals surface area contributed by atoms with Gasteiger partial charge in [-0.2, -0.15) is 0 Å². The second-order valence-electron chi connectivity index (χ2n) is 3.51. The summed E-state index contributed by atoms with van der Waals surface area (Å²) >= 11 is 0. The molecule has 1 N–H and O–H groups in total. The number of aliphatic hydroxyl groups excluding tert-OH is 1. The molecule has 1 aliphatic rings. The van der Waals surface area contributed by atoms with Gasteiger partial charge in [0, 0.05) is 32.5 Å². The van der Waals surface area contributed by atoms with Crippen molar-refractivity contribution >= 4 is 0 Å². The summed E-state index contributed by atoms with van der Waals surface area (Å²) in [6.07, 6.45) is -0.559. The molecule has 12 heavy (non-hydrogen) atoms. The van der Waals surface area contributed by atoms with Crippen molar-refractivity contribution in [2.45, 2.75) is 31.8 Å². The third-order valence-electron chi connectivity index (χ3n) is 2.11. The standard InChI is InChI=1S/C8H15F2NO/c1-7(12)6-11-4-2-8(9,10)3-5-11/h7,12H,2-6H2,1H3. The average Bonchev–Trinajstić information content (AvgIpc) is 1.93. The zero-order chi connectivity index (χ0) is 9.19. The number of halogens is 2. The summed E-state index contributed by atoms with van der Waals surface area (Å²) in [6.45, 7) is 2.98. The number of alkyl halides is 2. The number of hydrogen-bond acceptors (Lipinski definition) is 2. The molecule has 72 valence electrons. The average molecular weight is 179 g/mol. The van der Waals surface area contributed by atoms with E-state index in [4.69, 9.17) is 5.11 Å². The first-order chi connectivity index (χ1) is 5.49. The smallest absolute Gasteiger partial charge is 0.250 e. The molecule has 2 nitrogen and oxygen atoms in total. The van der Waals surface area contributed by atoms with E-state index in [0.29, 0.717) is 19.6 Å². The minimum atomic E-state index is -2.48. The van der Waals surface area contributed by atoms with Crippen LogP contribution in [-0.4, -0.2) is 41.7 Å². The molecule has 0 aromatic heterocycles. The number of likely N-dealkylation sites (tertiary alicyclic amines) is 1. The number of β-amino-alcohol motifs (C(OH)–C–C–N with tert-alkyl or cyclic N) is 1. The van der Waals surface area contributed by atoms with Crippen molar-refractivity contribution in [2.75, 3.05) is 19.6 Å². The lowest BCUT2D eigenvalue weighted by Gasteiger charge is -2.32. The van der Waals surface area contributed by atoms with Gasteiger partial charge in [0.1, 0.15) is 0 Å². The van der Waals surface area contributed by atoms with Crippen molar-refractivity contribution < 1.29 is 13.9 Å². The van der Waals surface area contributed by atoms with E-state index >= 15 is 0 Å². The van der Waals surface area contributed by atoms with Gasteiger partial charge in [-0.3, -0.25) is 0 Å². The van der Waals surface area contributed by atoms with Gasteiger partial charge < -0.3 is 10.0 Å². The summed E-state index contributed by atoms with van der Waals surface area (Å²) in [4.78, 5) is 1.88. The van der Waals surface area contributed by atoms with E-state index in [1.807, 2.05) is 4.90 Å². The van der Waals surface area contributed by atoms with E-state index in [9.17, 15) is 8.78 Å². The molecule has 4 heteroatoms. The fourth-order valence-corrected chi connectivity index (χ4v) is 1.44. The Morgan fingerprint density at radius 1 is 1.42 bits per heavy atom. The Morgan fingerprint density at radius 2 is 1.92 bits per heavy atom. The van der Waals surface area contributed by atoms with Gasteiger partial charge in [-0.15, -0.1) is 0 Å². The van der Waals surface area contributed by atoms with E-state index in [0.717, 1.165) is 0 Å². The first-order valence-corrected chi connectivity index (χ1v) is 4.28. The molecule has 0 bridgehead atoms. The topological polar surface area (TPSA) is 23.5 Å². The van der Waals surface area contributed by atoms with E-state index in [2.05, 4.69) is 0 Å². The van der Waals surface area contributed by atoms with Gasteiger partial charge in [0.15, 0.2) is 0 Å². The largest absolute Gasteiger partial charge is 0.392 e. The van der Waals surface area contributed by atoms with Gasteiger partial charge >= 0.3 is 0 Å². The quantitative estimate of drug-likeness (QED) is 0.686. The second kappa shape index (κ2) is 3.66. The summed E-state index contributed by atoms with van der Waals surface area (Å²) in [6, 6.07) is 0. The Hall–Kier alpha value is -0.220. The van der Waals surface area contributed by atoms with Crippen LogP contribution in [0.15, 0.2) is 0 Å². The monoisotopic (exact) mass is 179 g/mol. The van der Waals surface area contributed by atoms with Gasteiger partial charge in [-0.1, -0.05) is 0 Å². The van der Waals surface area contributed by atoms with E-state index in [1.165, 1.54) is 0 Å². The van der Waals surface area contributed by atoms with Crippen molar-refractivity contribution in [3.8, 4) is 0 Å². The minimum absolute atomic E-state index is 0.0697. The van der Waals surface area contributed by atoms with Crippen LogP contribution >= 0.6 is 0 Å². The summed E-state index contributed by atoms with van der Waals surface area (Å²) in [5.74, 6) is -2.48. The van der Waals surface area contributed by atoms with Gasteiger partial charge in [0.2, 0.25) is 0 Å². The number of hydrogen-bond donors (Lipinski definition) is 1. The normalized spacial score (nSPS) is 27.0. The SMILES string of the molecule is CC(O)CN1CCC(F)(F)CC1. The van der Waals surface area contributed by atoms with Crippen LogP contribution in [0.1, 0.15) is 19.8 Å². The molecule has 1 aliphatic heterocycles. The number of piperidine rings is 1. The highest BCUT2D eigenvalue weighted by atomic mass is 19.3. The summed E-state index contributed by atoms with van der Waals surface area (Å²) in [5.41, 5.74) is 0. The summed E-state index contributed by atoms with van der Waals surface area (Å²) in [5, 5.41) is 9.01. The van der Waals surface area contributed by atoms with Crippen LogP contribution < -0.4 is 0 Å². The van der Waals surface area contributed by atoms with Crippen molar-refractivity contribution in [1.29, 1.82) is 0 Å². The Labute approximate surface area is 71.2 Å². The van der Waals surface area contributed by atoms with Crippen molar-refractivity contribution in [1.82, 2.24) is 4.90 Å². The minimum Gasteiger partial charge on any atom is -0.392 e. The molecule has 1 fully saturated rings. The van der Waals surface area contributed by atoms with Gasteiger partial charge in [0.05, 0.1) is 6.10 Å². The maximum absolute atomic E-state index is 12.6. The van der Waals surface area contributed by atoms with Gasteiger partial charge in [-0.25, -0.2) is 8.78 Å². The molecule has 1 saturated heterocycles. The lowest BCUT2D eigenvalue weighted by molar-refractivity contribution is -0.0602. The molecule has 1 rings (SSSR count). The van der Waals surface area contributed by atoms with Gasteiger partial charge in [0.25, 0.3) is 5.92 Å². The van der Waals surface area contributed by atoms with Crippen LogP contribution in [0.25, 0.3) is 0 Å². The molecule has 1 heterocycles. The molecular weight excluding hydrogens is 164 g/mol. The number of rotatable bonds is 2. The third-order valence-corrected chi connectivity index (χ3v) is 2.11. The molecule has 1 atom stereocenters. The van der Waals surface area contributed by atoms with Crippen molar-refractivity contribution in [3.63, 3.8) is 0 Å². The zero-order valence-corrected chi connectivity index (χ0v) is 7.26. The first-order valence-electron chi connectivity index (χ1n) is 4.28. The second-order valence-corrected chi connectivity index (χ2v) is 3.51. The van der Waals surface area contributed by atoms with Crippen molar-refractivity contribution in [3.05, 3.63) is 0 Å². The number of nitrogens with zero attached hydrogens (tertiary/aromatic N) is 1. The predicted molar refractivity (Wildman–Crippen MR) is 42.3 cm³/mol. The Bertz CT molecular complexity index is 140. The maximum Gasteiger partial charge on any atom is 0.250 e. The fraction of sp³-hybridized carbons (Fsp3) is 1.00. The summed E-state index contributed by atoms with van der Waals surface area (Å²) < 4.78 is 25.3. The molecule has 1 unspecified atom stereocenters. The Balaban J connectivity index is 2.27. The molecule has 0 aliphatic carbocycles. The molecule has 0 radical (unpaired) electrons. The predicted octanol–water partition coefficient (Wildman–Crippen LogP) is 1.10. The Kier molecular flexibility index (Phi) is 3.01. The zero-order valence-electron chi connectivity index (χ0n) is 7.26. The van der Waals surface area contributed by atoms with Crippen LogP contribution in [-0.2, 0) is 0 Å². The molecule has 0 aromatic rings. The van der Waals surface area contributed by atoms with Crippen LogP contribution in [0, 0.1) is 0 Å². The maximum atomic E-state index is 12.6. The molecule has 0 amide bonds. The number of aliphatic hydroxyl groups is 1. The first kappa shape index (κ1) is 9.86. The van der Waals surface area contributed by atoms with E-state index in [1.54, 1.807) is 6.92 Å². The van der Waals surface area contributed by atoms with Crippen LogP contribution in [0.2, 0.25) is 0 Å². The molecular formula is C8H15F2NO. The van der Waals surface area contributed by atoms with Crippen LogP contribution in [0.4, 0.5) is 8.78 Å². The molecule has 0 saturated carbocycles. The highest BCUT2D eigenvalue weighted by molar-refractivity contribution is 4.77. The Morgan fingerprint density at radius 3 is 2.33 bits per heavy atom. The van der Waals surface area contributed by atoms with Crippen LogP contribution in [0.3, 0.4) is 0 Å². The summed E-state index contributed by atoms with van der Waals surface area (Å²) in [7, 11) is 0. The third kappa shape index (κ3) is 3.03. The molecule has 0 aromatic carbocycles. The van der Waals surface area contributed by atoms with Crippen molar-refractivity contribution in [2.24, 2.45) is 0 Å². The lowest BCUT2D eigenvalue weighted by Crippen LogP contribution is -2.42. The lowest BCUT2D eigenvalue weighted by atomic mass is 10.1. The highest BCUT2D eigenvalue weighted by Crippen LogP contribution is 2.27. The van der Waals surface area contributed by atoms with Gasteiger partial charge in [-0.05, 0) is 6.92 Å². The van der Waals surface area contributed by atoms with E-state index in [-0.39, 0.29) is 12.8 Å². The van der Waals surface area contributed by atoms with E-state index < -0.39 is 12.0 Å². The fourth-order valence-electron chi connectivity index (χ4n) is 1.44. The highest BCUT2D eigenvalue weighted by Gasteiger charge is 2.33. The molecule has 0 spiro atoms. The van der Waals surface area contributed by atoms with Crippen LogP contribution in [0.5, 0.6) is 0 Å².